The maximum atomic E-state index is 6.02. The molecule has 0 atom stereocenters. The summed E-state index contributed by atoms with van der Waals surface area (Å²) in [4.78, 5) is 5.60. The lowest BCUT2D eigenvalue weighted by Crippen LogP contribution is -2.00. The van der Waals surface area contributed by atoms with Gasteiger partial charge >= 0.3 is 0 Å². The number of aryl methyl sites for hydroxylation is 1. The molecule has 5 heteroatoms. The zero-order valence-electron chi connectivity index (χ0n) is 11.0. The van der Waals surface area contributed by atoms with Gasteiger partial charge in [-0.25, -0.2) is 0 Å². The predicted molar refractivity (Wildman–Crippen MR) is 90.2 cm³/mol. The molecule has 2 heterocycles. The average Bonchev–Trinajstić information content (AvgIpc) is 2.83. The molecule has 1 aromatic carbocycles. The lowest BCUT2D eigenvalue weighted by atomic mass is 10.1. The molecule has 0 saturated carbocycles. The number of benzene rings is 1. The number of nitrogens with one attached hydrogen (secondary N) is 1. The molecule has 0 aliphatic rings. The van der Waals surface area contributed by atoms with Gasteiger partial charge in [0.2, 0.25) is 0 Å². The van der Waals surface area contributed by atoms with Gasteiger partial charge in [0, 0.05) is 43.4 Å². The molecule has 2 aromatic heterocycles. The topological polar surface area (TPSA) is 50.9 Å². The minimum atomic E-state index is 0.760. The van der Waals surface area contributed by atoms with Gasteiger partial charge in [0.25, 0.3) is 0 Å². The predicted octanol–water partition coefficient (Wildman–Crippen LogP) is 4.56. The number of nitrogens with zero attached hydrogens (tertiary/aromatic N) is 1. The Bertz CT molecular complexity index is 767. The molecule has 0 unspecified atom stereocenters. The number of pyridine rings is 1. The third-order valence-corrected chi connectivity index (χ3v) is 5.13. The van der Waals surface area contributed by atoms with E-state index in [9.17, 15) is 0 Å². The summed E-state index contributed by atoms with van der Waals surface area (Å²) in [5.41, 5.74) is 8.85. The minimum absolute atomic E-state index is 0.760. The average molecular weight is 348 g/mol. The van der Waals surface area contributed by atoms with Crippen LogP contribution in [0.1, 0.15) is 10.6 Å². The monoisotopic (exact) mass is 347 g/mol. The Morgan fingerprint density at radius 3 is 2.90 bits per heavy atom. The Morgan fingerprint density at radius 2 is 2.15 bits per heavy atom. The van der Waals surface area contributed by atoms with Crippen LogP contribution in [-0.2, 0) is 6.54 Å². The standard InChI is InChI=1S/C15H14BrN3S/c1-9-6-10-11(7-18-9)13(17)2-3-14(10)19-8-15-12(16)4-5-20-15/h2-7,19H,8,17H2,1H3. The molecule has 0 fully saturated rings. The molecule has 0 radical (unpaired) electrons. The molecule has 3 rings (SSSR count). The number of hydrogen-bond acceptors (Lipinski definition) is 4. The summed E-state index contributed by atoms with van der Waals surface area (Å²) in [5.74, 6) is 0. The zero-order chi connectivity index (χ0) is 14.1. The van der Waals surface area contributed by atoms with Crippen LogP contribution in [-0.4, -0.2) is 4.98 Å². The van der Waals surface area contributed by atoms with Crippen molar-refractivity contribution in [2.45, 2.75) is 13.5 Å². The molecule has 0 amide bonds. The van der Waals surface area contributed by atoms with Gasteiger partial charge in [-0.3, -0.25) is 4.98 Å². The van der Waals surface area contributed by atoms with Crippen molar-refractivity contribution in [3.05, 3.63) is 50.9 Å². The van der Waals surface area contributed by atoms with Crippen LogP contribution < -0.4 is 11.1 Å². The van der Waals surface area contributed by atoms with Gasteiger partial charge in [-0.05, 0) is 52.5 Å². The first kappa shape index (κ1) is 13.4. The Hall–Kier alpha value is -1.59. The van der Waals surface area contributed by atoms with Crippen molar-refractivity contribution >= 4 is 49.4 Å². The van der Waals surface area contributed by atoms with Crippen molar-refractivity contribution in [2.24, 2.45) is 0 Å². The van der Waals surface area contributed by atoms with Crippen LogP contribution in [0.25, 0.3) is 10.8 Å². The summed E-state index contributed by atoms with van der Waals surface area (Å²) in [6, 6.07) is 8.08. The number of thiophene rings is 1. The van der Waals surface area contributed by atoms with Gasteiger partial charge in [0.1, 0.15) is 0 Å². The van der Waals surface area contributed by atoms with Gasteiger partial charge < -0.3 is 11.1 Å². The van der Waals surface area contributed by atoms with Crippen molar-refractivity contribution in [1.82, 2.24) is 4.98 Å². The highest BCUT2D eigenvalue weighted by Crippen LogP contribution is 2.30. The molecule has 3 nitrogen and oxygen atoms in total. The maximum Gasteiger partial charge on any atom is 0.0505 e. The van der Waals surface area contributed by atoms with E-state index in [1.165, 1.54) is 4.88 Å². The van der Waals surface area contributed by atoms with Gasteiger partial charge in [-0.2, -0.15) is 0 Å². The van der Waals surface area contributed by atoms with Crippen LogP contribution in [0.15, 0.2) is 40.3 Å². The molecule has 3 aromatic rings. The second-order valence-corrected chi connectivity index (χ2v) is 6.47. The normalized spacial score (nSPS) is 10.9. The van der Waals surface area contributed by atoms with Gasteiger partial charge in [0.05, 0.1) is 6.54 Å². The fraction of sp³-hybridized carbons (Fsp3) is 0.133. The summed E-state index contributed by atoms with van der Waals surface area (Å²) >= 11 is 5.29. The van der Waals surface area contributed by atoms with E-state index < -0.39 is 0 Å². The van der Waals surface area contributed by atoms with E-state index in [4.69, 9.17) is 5.73 Å². The number of nitrogens with two attached hydrogens (primary N) is 1. The Labute approximate surface area is 130 Å². The lowest BCUT2D eigenvalue weighted by Gasteiger charge is -2.11. The van der Waals surface area contributed by atoms with Gasteiger partial charge in [-0.15, -0.1) is 11.3 Å². The van der Waals surface area contributed by atoms with E-state index in [0.29, 0.717) is 0 Å². The van der Waals surface area contributed by atoms with Crippen LogP contribution in [0.4, 0.5) is 11.4 Å². The first-order valence-corrected chi connectivity index (χ1v) is 7.93. The van der Waals surface area contributed by atoms with E-state index in [-0.39, 0.29) is 0 Å². The minimum Gasteiger partial charge on any atom is -0.398 e. The summed E-state index contributed by atoms with van der Waals surface area (Å²) in [6.07, 6.45) is 1.84. The van der Waals surface area contributed by atoms with Gasteiger partial charge in [-0.1, -0.05) is 0 Å². The van der Waals surface area contributed by atoms with Crippen molar-refractivity contribution in [1.29, 1.82) is 0 Å². The molecule has 0 aliphatic carbocycles. The van der Waals surface area contributed by atoms with Crippen LogP contribution in [0.5, 0.6) is 0 Å². The van der Waals surface area contributed by atoms with Crippen LogP contribution in [0.2, 0.25) is 0 Å². The van der Waals surface area contributed by atoms with Gasteiger partial charge in [0.15, 0.2) is 0 Å². The molecular weight excluding hydrogens is 334 g/mol. The first-order chi connectivity index (χ1) is 9.65. The summed E-state index contributed by atoms with van der Waals surface area (Å²) in [6.45, 7) is 2.78. The Kier molecular flexibility index (Phi) is 3.63. The SMILES string of the molecule is Cc1cc2c(NCc3sccc3Br)ccc(N)c2cn1. The van der Waals surface area contributed by atoms with E-state index in [2.05, 4.69) is 43.7 Å². The summed E-state index contributed by atoms with van der Waals surface area (Å²) in [7, 11) is 0. The molecular formula is C15H14BrN3S. The molecule has 0 spiro atoms. The largest absolute Gasteiger partial charge is 0.398 e. The molecule has 0 aliphatic heterocycles. The zero-order valence-corrected chi connectivity index (χ0v) is 13.4. The van der Waals surface area contributed by atoms with E-state index in [1.54, 1.807) is 11.3 Å². The van der Waals surface area contributed by atoms with Crippen molar-refractivity contribution in [2.75, 3.05) is 11.1 Å². The van der Waals surface area contributed by atoms with Crippen molar-refractivity contribution in [3.8, 4) is 0 Å². The Balaban J connectivity index is 1.97. The number of anilines is 2. The fourth-order valence-corrected chi connectivity index (χ4v) is 3.58. The highest BCUT2D eigenvalue weighted by Gasteiger charge is 2.06. The van der Waals surface area contributed by atoms with Crippen LogP contribution in [0, 0.1) is 6.92 Å². The quantitative estimate of drug-likeness (QED) is 0.682. The van der Waals surface area contributed by atoms with Crippen LogP contribution in [0.3, 0.4) is 0 Å². The molecule has 3 N–H and O–H groups in total. The number of nitrogen functional groups attached to an aromatic ring is 1. The summed E-state index contributed by atoms with van der Waals surface area (Å²) < 4.78 is 1.15. The number of fused-ring (bicyclic) bond motifs is 1. The third-order valence-electron chi connectivity index (χ3n) is 3.20. The maximum absolute atomic E-state index is 6.02. The number of rotatable bonds is 3. The summed E-state index contributed by atoms with van der Waals surface area (Å²) in [5, 5.41) is 7.67. The molecule has 102 valence electrons. The van der Waals surface area contributed by atoms with E-state index in [0.717, 1.165) is 38.9 Å². The number of hydrogen-bond donors (Lipinski definition) is 2. The molecule has 20 heavy (non-hydrogen) atoms. The smallest absolute Gasteiger partial charge is 0.0505 e. The number of halogens is 1. The third kappa shape index (κ3) is 2.51. The molecule has 0 bridgehead atoms. The number of aromatic nitrogens is 1. The second-order valence-electron chi connectivity index (χ2n) is 4.62. The fourth-order valence-electron chi connectivity index (χ4n) is 2.15. The highest BCUT2D eigenvalue weighted by atomic mass is 79.9. The van der Waals surface area contributed by atoms with E-state index in [1.807, 2.05) is 25.3 Å². The van der Waals surface area contributed by atoms with E-state index >= 15 is 0 Å². The Morgan fingerprint density at radius 1 is 1.30 bits per heavy atom. The van der Waals surface area contributed by atoms with Crippen molar-refractivity contribution < 1.29 is 0 Å². The van der Waals surface area contributed by atoms with Crippen molar-refractivity contribution in [3.63, 3.8) is 0 Å². The van der Waals surface area contributed by atoms with Crippen LogP contribution >= 0.6 is 27.3 Å². The first-order valence-electron chi connectivity index (χ1n) is 6.26. The second kappa shape index (κ2) is 5.42. The lowest BCUT2D eigenvalue weighted by molar-refractivity contribution is 1.18. The highest BCUT2D eigenvalue weighted by molar-refractivity contribution is 9.10. The molecule has 0 saturated heterocycles.